The minimum Gasteiger partial charge on any atom is -0.326 e. The van der Waals surface area contributed by atoms with E-state index in [1.807, 2.05) is 6.92 Å². The molecule has 3 nitrogen and oxygen atoms in total. The highest BCUT2D eigenvalue weighted by Crippen LogP contribution is 2.36. The Kier molecular flexibility index (Phi) is 3.45. The Bertz CT molecular complexity index is 621. The van der Waals surface area contributed by atoms with Crippen LogP contribution in [-0.4, -0.2) is 11.0 Å². The van der Waals surface area contributed by atoms with Crippen molar-refractivity contribution < 1.29 is 0 Å². The number of nitrogens with zero attached hydrogens (tertiary/aromatic N) is 2. The van der Waals surface area contributed by atoms with E-state index < -0.39 is 0 Å². The molecule has 1 aliphatic rings. The zero-order chi connectivity index (χ0) is 14.1. The van der Waals surface area contributed by atoms with E-state index in [1.165, 1.54) is 11.3 Å². The number of aryl methyl sites for hydroxylation is 2. The molecule has 0 saturated heterocycles. The lowest BCUT2D eigenvalue weighted by Crippen LogP contribution is -2.34. The Balaban J connectivity index is 2.11. The molecule has 2 N–H and O–H groups in total. The molecule has 1 aliphatic heterocycles. The summed E-state index contributed by atoms with van der Waals surface area (Å²) in [6.45, 7) is 4.85. The van der Waals surface area contributed by atoms with Gasteiger partial charge in [0, 0.05) is 24.0 Å². The van der Waals surface area contributed by atoms with Crippen molar-refractivity contribution in [2.45, 2.75) is 39.3 Å². The zero-order valence-electron chi connectivity index (χ0n) is 12.1. The maximum Gasteiger partial charge on any atom is 0.133 e. The van der Waals surface area contributed by atoms with E-state index in [-0.39, 0.29) is 0 Å². The van der Waals surface area contributed by atoms with Crippen molar-refractivity contribution in [3.05, 3.63) is 53.2 Å². The molecule has 1 aromatic heterocycles. The summed E-state index contributed by atoms with van der Waals surface area (Å²) in [5, 5.41) is 0. The highest BCUT2D eigenvalue weighted by Gasteiger charge is 2.25. The first-order valence-corrected chi connectivity index (χ1v) is 7.24. The monoisotopic (exact) mass is 267 g/mol. The van der Waals surface area contributed by atoms with Crippen molar-refractivity contribution in [3.63, 3.8) is 0 Å². The van der Waals surface area contributed by atoms with Crippen molar-refractivity contribution in [2.24, 2.45) is 5.73 Å². The van der Waals surface area contributed by atoms with E-state index in [0.717, 1.165) is 29.9 Å². The molecule has 104 valence electrons. The quantitative estimate of drug-likeness (QED) is 0.907. The maximum absolute atomic E-state index is 5.80. The van der Waals surface area contributed by atoms with Gasteiger partial charge in [0.05, 0.1) is 0 Å². The summed E-state index contributed by atoms with van der Waals surface area (Å²) in [7, 11) is 0. The van der Waals surface area contributed by atoms with Crippen LogP contribution in [0.15, 0.2) is 36.4 Å². The smallest absolute Gasteiger partial charge is 0.133 e. The first-order valence-electron chi connectivity index (χ1n) is 7.24. The third-order valence-electron chi connectivity index (χ3n) is 4.01. The van der Waals surface area contributed by atoms with Gasteiger partial charge in [0.15, 0.2) is 0 Å². The molecular formula is C17H21N3. The topological polar surface area (TPSA) is 42.1 Å². The second kappa shape index (κ2) is 5.25. The molecule has 3 heteroatoms. The van der Waals surface area contributed by atoms with Gasteiger partial charge in [0.25, 0.3) is 0 Å². The molecular weight excluding hydrogens is 246 g/mol. The van der Waals surface area contributed by atoms with Crippen LogP contribution in [0.1, 0.15) is 30.2 Å². The van der Waals surface area contributed by atoms with Crippen LogP contribution in [0.25, 0.3) is 0 Å². The fraction of sp³-hybridized carbons (Fsp3) is 0.353. The molecule has 1 aromatic carbocycles. The number of hydrogen-bond donors (Lipinski definition) is 1. The summed E-state index contributed by atoms with van der Waals surface area (Å²) in [5.41, 5.74) is 10.7. The number of nitrogens with two attached hydrogens (primary N) is 1. The van der Waals surface area contributed by atoms with Crippen LogP contribution in [0.4, 0.5) is 11.5 Å². The predicted octanol–water partition coefficient (Wildman–Crippen LogP) is 3.32. The standard InChI is InChI=1S/C17H21N3/c1-12-9-14(11-18)10-17(19-12)20-13(2)7-8-15-5-3-4-6-16(15)20/h3-6,9-10,13H,7-8,11,18H2,1-2H3. The molecule has 0 bridgehead atoms. The largest absolute Gasteiger partial charge is 0.326 e. The average molecular weight is 267 g/mol. The van der Waals surface area contributed by atoms with Crippen LogP contribution in [0.3, 0.4) is 0 Å². The van der Waals surface area contributed by atoms with Crippen LogP contribution in [0.5, 0.6) is 0 Å². The molecule has 0 fully saturated rings. The highest BCUT2D eigenvalue weighted by atomic mass is 15.2. The van der Waals surface area contributed by atoms with E-state index in [2.05, 4.69) is 48.2 Å². The fourth-order valence-electron chi connectivity index (χ4n) is 3.00. The second-order valence-corrected chi connectivity index (χ2v) is 5.57. The van der Waals surface area contributed by atoms with Crippen molar-refractivity contribution in [2.75, 3.05) is 4.90 Å². The SMILES string of the molecule is Cc1cc(CN)cc(N2c3ccccc3CCC2C)n1. The van der Waals surface area contributed by atoms with Gasteiger partial charge in [-0.1, -0.05) is 18.2 Å². The number of aromatic nitrogens is 1. The minimum atomic E-state index is 0.463. The normalized spacial score (nSPS) is 17.9. The molecule has 20 heavy (non-hydrogen) atoms. The van der Waals surface area contributed by atoms with Crippen LogP contribution in [0, 0.1) is 6.92 Å². The summed E-state index contributed by atoms with van der Waals surface area (Å²) in [5.74, 6) is 1.02. The number of pyridine rings is 1. The molecule has 0 amide bonds. The van der Waals surface area contributed by atoms with Gasteiger partial charge in [-0.3, -0.25) is 0 Å². The van der Waals surface area contributed by atoms with E-state index in [9.17, 15) is 0 Å². The van der Waals surface area contributed by atoms with Crippen LogP contribution < -0.4 is 10.6 Å². The van der Waals surface area contributed by atoms with Gasteiger partial charge >= 0.3 is 0 Å². The Hall–Kier alpha value is -1.87. The zero-order valence-corrected chi connectivity index (χ0v) is 12.1. The summed E-state index contributed by atoms with van der Waals surface area (Å²) >= 11 is 0. The third-order valence-corrected chi connectivity index (χ3v) is 4.01. The van der Waals surface area contributed by atoms with Gasteiger partial charge in [-0.25, -0.2) is 4.98 Å². The first-order chi connectivity index (χ1) is 9.69. The highest BCUT2D eigenvalue weighted by molar-refractivity contribution is 5.66. The lowest BCUT2D eigenvalue weighted by molar-refractivity contribution is 0.612. The van der Waals surface area contributed by atoms with Crippen molar-refractivity contribution in [1.82, 2.24) is 4.98 Å². The predicted molar refractivity (Wildman–Crippen MR) is 83.2 cm³/mol. The molecule has 0 aliphatic carbocycles. The van der Waals surface area contributed by atoms with Crippen LogP contribution in [0.2, 0.25) is 0 Å². The molecule has 2 heterocycles. The fourth-order valence-corrected chi connectivity index (χ4v) is 3.00. The second-order valence-electron chi connectivity index (χ2n) is 5.57. The van der Waals surface area contributed by atoms with Crippen molar-refractivity contribution in [3.8, 4) is 0 Å². The Morgan fingerprint density at radius 2 is 2.10 bits per heavy atom. The van der Waals surface area contributed by atoms with Gasteiger partial charge in [-0.15, -0.1) is 0 Å². The molecule has 1 unspecified atom stereocenters. The molecule has 0 radical (unpaired) electrons. The Morgan fingerprint density at radius 1 is 1.30 bits per heavy atom. The number of fused-ring (bicyclic) bond motifs is 1. The summed E-state index contributed by atoms with van der Waals surface area (Å²) in [6.07, 6.45) is 2.30. The Labute approximate surface area is 120 Å². The summed E-state index contributed by atoms with van der Waals surface area (Å²) < 4.78 is 0. The summed E-state index contributed by atoms with van der Waals surface area (Å²) in [6, 6.07) is 13.3. The lowest BCUT2D eigenvalue weighted by atomic mass is 9.96. The lowest BCUT2D eigenvalue weighted by Gasteiger charge is -2.36. The first kappa shape index (κ1) is 13.1. The molecule has 2 aromatic rings. The van der Waals surface area contributed by atoms with Gasteiger partial charge < -0.3 is 10.6 Å². The van der Waals surface area contributed by atoms with E-state index in [0.29, 0.717) is 12.6 Å². The van der Waals surface area contributed by atoms with Gasteiger partial charge in [0.2, 0.25) is 0 Å². The molecule has 1 atom stereocenters. The van der Waals surface area contributed by atoms with Crippen molar-refractivity contribution in [1.29, 1.82) is 0 Å². The van der Waals surface area contributed by atoms with E-state index in [4.69, 9.17) is 10.7 Å². The molecule has 3 rings (SSSR count). The number of para-hydroxylation sites is 1. The third kappa shape index (κ3) is 2.29. The van der Waals surface area contributed by atoms with Crippen LogP contribution in [-0.2, 0) is 13.0 Å². The minimum absolute atomic E-state index is 0.463. The van der Waals surface area contributed by atoms with Crippen LogP contribution >= 0.6 is 0 Å². The number of rotatable bonds is 2. The van der Waals surface area contributed by atoms with E-state index in [1.54, 1.807) is 0 Å². The number of anilines is 2. The maximum atomic E-state index is 5.80. The Morgan fingerprint density at radius 3 is 2.90 bits per heavy atom. The van der Waals surface area contributed by atoms with Gasteiger partial charge in [-0.2, -0.15) is 0 Å². The molecule has 0 spiro atoms. The van der Waals surface area contributed by atoms with E-state index >= 15 is 0 Å². The number of hydrogen-bond acceptors (Lipinski definition) is 3. The molecule has 0 saturated carbocycles. The van der Waals surface area contributed by atoms with Crippen molar-refractivity contribution >= 4 is 11.5 Å². The average Bonchev–Trinajstić information content (AvgIpc) is 2.46. The summed E-state index contributed by atoms with van der Waals surface area (Å²) in [4.78, 5) is 7.08. The van der Waals surface area contributed by atoms with Gasteiger partial charge in [-0.05, 0) is 56.0 Å². The van der Waals surface area contributed by atoms with Gasteiger partial charge in [0.1, 0.15) is 5.82 Å². The number of benzene rings is 1.